The van der Waals surface area contributed by atoms with Crippen molar-refractivity contribution in [3.8, 4) is 5.75 Å². The number of rotatable bonds is 6. The van der Waals surface area contributed by atoms with Gasteiger partial charge in [0.25, 0.3) is 11.8 Å². The average molecular weight is 689 g/mol. The van der Waals surface area contributed by atoms with Crippen LogP contribution in [0.15, 0.2) is 67.0 Å². The van der Waals surface area contributed by atoms with Crippen LogP contribution >= 0.6 is 0 Å². The van der Waals surface area contributed by atoms with Crippen LogP contribution in [0.25, 0.3) is 0 Å². The molecule has 266 valence electrons. The minimum atomic E-state index is -1.06. The molecule has 1 aromatic heterocycles. The lowest BCUT2D eigenvalue weighted by molar-refractivity contribution is -0.132. The number of halogens is 1. The molecule has 13 heteroatoms. The van der Waals surface area contributed by atoms with Crippen LogP contribution in [0.2, 0.25) is 0 Å². The van der Waals surface area contributed by atoms with Crippen molar-refractivity contribution >= 4 is 29.5 Å². The van der Waals surface area contributed by atoms with E-state index in [4.69, 9.17) is 4.74 Å². The third-order valence-electron chi connectivity index (χ3n) is 8.75. The van der Waals surface area contributed by atoms with E-state index in [1.165, 1.54) is 6.20 Å². The Morgan fingerprint density at radius 3 is 2.34 bits per heavy atom. The van der Waals surface area contributed by atoms with E-state index in [-0.39, 0.29) is 31.0 Å². The number of nitrogens with one attached hydrogen (secondary N) is 4. The molecule has 0 saturated carbocycles. The number of carbonyl (C=O) groups is 5. The third kappa shape index (κ3) is 10.3. The van der Waals surface area contributed by atoms with Gasteiger partial charge in [-0.2, -0.15) is 0 Å². The third-order valence-corrected chi connectivity index (χ3v) is 8.75. The SMILES string of the molecule is CC[C@H](C)C1NC(=O)c2ccc(cc2)CN(C(=O)c2cncc(F)c2)CCCCNC(=O)[C@@H](C)NC(=O)[C@H](Cc2ccc(OC)cc2)NC1=O. The van der Waals surface area contributed by atoms with Gasteiger partial charge in [0.15, 0.2) is 0 Å². The van der Waals surface area contributed by atoms with Crippen LogP contribution in [-0.4, -0.2) is 77.7 Å². The van der Waals surface area contributed by atoms with Gasteiger partial charge < -0.3 is 30.9 Å². The second-order valence-corrected chi connectivity index (χ2v) is 12.5. The maximum atomic E-state index is 13.9. The number of aromatic nitrogens is 1. The maximum Gasteiger partial charge on any atom is 0.255 e. The van der Waals surface area contributed by atoms with Crippen LogP contribution in [0.1, 0.15) is 71.9 Å². The van der Waals surface area contributed by atoms with Crippen molar-refractivity contribution in [2.75, 3.05) is 20.2 Å². The summed E-state index contributed by atoms with van der Waals surface area (Å²) in [5, 5.41) is 11.2. The molecule has 2 aromatic carbocycles. The van der Waals surface area contributed by atoms with Crippen molar-refractivity contribution < 1.29 is 33.1 Å². The predicted molar refractivity (Wildman–Crippen MR) is 185 cm³/mol. The van der Waals surface area contributed by atoms with Gasteiger partial charge in [0.05, 0.1) is 18.9 Å². The number of benzene rings is 2. The van der Waals surface area contributed by atoms with Gasteiger partial charge in [0.1, 0.15) is 29.7 Å². The first-order valence-corrected chi connectivity index (χ1v) is 16.8. The highest BCUT2D eigenvalue weighted by atomic mass is 19.1. The highest BCUT2D eigenvalue weighted by Gasteiger charge is 2.31. The van der Waals surface area contributed by atoms with E-state index in [1.807, 2.05) is 13.8 Å². The summed E-state index contributed by atoms with van der Waals surface area (Å²) in [6.07, 6.45) is 4.05. The lowest BCUT2D eigenvalue weighted by Gasteiger charge is -2.27. The van der Waals surface area contributed by atoms with E-state index in [2.05, 4.69) is 26.3 Å². The van der Waals surface area contributed by atoms with Gasteiger partial charge in [-0.3, -0.25) is 29.0 Å². The number of methoxy groups -OCH3 is 1. The van der Waals surface area contributed by atoms with E-state index >= 15 is 0 Å². The summed E-state index contributed by atoms with van der Waals surface area (Å²) in [4.78, 5) is 72.6. The highest BCUT2D eigenvalue weighted by molar-refractivity contribution is 5.99. The first kappa shape index (κ1) is 37.5. The molecular weight excluding hydrogens is 643 g/mol. The van der Waals surface area contributed by atoms with Gasteiger partial charge in [-0.15, -0.1) is 0 Å². The Labute approximate surface area is 291 Å². The zero-order valence-corrected chi connectivity index (χ0v) is 28.8. The molecule has 4 N–H and O–H groups in total. The molecule has 2 aliphatic rings. The van der Waals surface area contributed by atoms with Crippen LogP contribution in [0.4, 0.5) is 4.39 Å². The Kier molecular flexibility index (Phi) is 13.4. The topological polar surface area (TPSA) is 159 Å². The fourth-order valence-electron chi connectivity index (χ4n) is 5.51. The zero-order valence-electron chi connectivity index (χ0n) is 28.8. The Morgan fingerprint density at radius 2 is 1.68 bits per heavy atom. The Hall–Kier alpha value is -5.33. The van der Waals surface area contributed by atoms with Gasteiger partial charge in [0, 0.05) is 37.8 Å². The lowest BCUT2D eigenvalue weighted by Crippen LogP contribution is -2.58. The summed E-state index contributed by atoms with van der Waals surface area (Å²) >= 11 is 0. The van der Waals surface area contributed by atoms with Crippen LogP contribution < -0.4 is 26.0 Å². The average Bonchev–Trinajstić information content (AvgIpc) is 3.12. The molecule has 5 amide bonds. The molecule has 0 aliphatic carbocycles. The number of pyridine rings is 1. The zero-order chi connectivity index (χ0) is 36.2. The number of carbonyl (C=O) groups excluding carboxylic acids is 5. The van der Waals surface area contributed by atoms with Gasteiger partial charge in [0.2, 0.25) is 17.7 Å². The quantitative estimate of drug-likeness (QED) is 0.290. The maximum absolute atomic E-state index is 13.9. The standard InChI is InChI=1S/C37H45FN6O6/c1-5-23(2)32-36(48)42-31(18-25-10-14-30(50-4)15-11-25)35(47)41-24(3)33(45)40-16-6-7-17-44(37(49)28-19-29(38)21-39-20-28)22-26-8-12-27(13-9-26)34(46)43-32/h8-15,19-21,23-24,31-32H,5-7,16-18,22H2,1-4H3,(H,40,45)(H,41,47)(H,42,48)(H,43,46)/t23-,24+,31-,32?/m0/s1. The largest absolute Gasteiger partial charge is 0.497 e. The van der Waals surface area contributed by atoms with Crippen molar-refractivity contribution in [1.29, 1.82) is 0 Å². The van der Waals surface area contributed by atoms with Gasteiger partial charge in [-0.1, -0.05) is 44.5 Å². The Balaban J connectivity index is 1.61. The van der Waals surface area contributed by atoms with Crippen LogP contribution in [0.3, 0.4) is 0 Å². The molecule has 0 fully saturated rings. The second kappa shape index (κ2) is 17.9. The molecule has 3 heterocycles. The molecular formula is C37H45FN6O6. The Morgan fingerprint density at radius 1 is 0.960 bits per heavy atom. The first-order chi connectivity index (χ1) is 24.0. The fourth-order valence-corrected chi connectivity index (χ4v) is 5.51. The molecule has 5 rings (SSSR count). The van der Waals surface area contributed by atoms with E-state index in [0.717, 1.165) is 23.4 Å². The minimum Gasteiger partial charge on any atom is -0.497 e. The molecule has 2 bridgehead atoms. The van der Waals surface area contributed by atoms with Crippen molar-refractivity contribution in [3.63, 3.8) is 0 Å². The van der Waals surface area contributed by atoms with Crippen LogP contribution in [0.5, 0.6) is 5.75 Å². The summed E-state index contributed by atoms with van der Waals surface area (Å²) < 4.78 is 19.1. The van der Waals surface area contributed by atoms with Gasteiger partial charge in [-0.05, 0) is 67.1 Å². The number of fused-ring (bicyclic) bond motifs is 18. The second-order valence-electron chi connectivity index (χ2n) is 12.5. The molecule has 4 atom stereocenters. The van der Waals surface area contributed by atoms with Crippen molar-refractivity contribution in [2.24, 2.45) is 5.92 Å². The van der Waals surface area contributed by atoms with E-state index in [0.29, 0.717) is 37.1 Å². The molecule has 2 aliphatic heterocycles. The summed E-state index contributed by atoms with van der Waals surface area (Å²) in [5.74, 6) is -2.69. The van der Waals surface area contributed by atoms with Gasteiger partial charge in [-0.25, -0.2) is 4.39 Å². The smallest absolute Gasteiger partial charge is 0.255 e. The number of hydrogen-bond donors (Lipinski definition) is 4. The summed E-state index contributed by atoms with van der Waals surface area (Å²) in [6, 6.07) is 11.9. The molecule has 0 spiro atoms. The first-order valence-electron chi connectivity index (χ1n) is 16.8. The molecule has 0 radical (unpaired) electrons. The molecule has 12 nitrogen and oxygen atoms in total. The van der Waals surface area contributed by atoms with Crippen molar-refractivity contribution in [3.05, 3.63) is 95.1 Å². The van der Waals surface area contributed by atoms with Crippen LogP contribution in [-0.2, 0) is 27.3 Å². The number of amides is 5. The molecule has 0 saturated heterocycles. The van der Waals surface area contributed by atoms with E-state index in [9.17, 15) is 28.4 Å². The van der Waals surface area contributed by atoms with Crippen molar-refractivity contribution in [1.82, 2.24) is 31.2 Å². The Bertz CT molecular complexity index is 1650. The number of hydrogen-bond acceptors (Lipinski definition) is 7. The number of nitrogens with zero attached hydrogens (tertiary/aromatic N) is 2. The van der Waals surface area contributed by atoms with Crippen LogP contribution in [0, 0.1) is 11.7 Å². The molecule has 1 unspecified atom stereocenters. The molecule has 50 heavy (non-hydrogen) atoms. The monoisotopic (exact) mass is 688 g/mol. The van der Waals surface area contributed by atoms with E-state index < -0.39 is 53.5 Å². The fraction of sp³-hybridized carbons (Fsp3) is 0.405. The normalized spacial score (nSPS) is 20.4. The summed E-state index contributed by atoms with van der Waals surface area (Å²) in [6.45, 7) is 6.05. The molecule has 3 aromatic rings. The lowest BCUT2D eigenvalue weighted by atomic mass is 9.96. The van der Waals surface area contributed by atoms with Crippen molar-refractivity contribution in [2.45, 2.75) is 71.1 Å². The van der Waals surface area contributed by atoms with E-state index in [1.54, 1.807) is 67.5 Å². The summed E-state index contributed by atoms with van der Waals surface area (Å²) in [7, 11) is 1.55. The minimum absolute atomic E-state index is 0.101. The van der Waals surface area contributed by atoms with Gasteiger partial charge >= 0.3 is 0 Å². The summed E-state index contributed by atoms with van der Waals surface area (Å²) in [5.41, 5.74) is 1.89. The number of ether oxygens (including phenoxy) is 1. The highest BCUT2D eigenvalue weighted by Crippen LogP contribution is 2.17. The predicted octanol–water partition coefficient (Wildman–Crippen LogP) is 3.16.